The van der Waals surface area contributed by atoms with Crippen LogP contribution in [0.1, 0.15) is 45.4 Å². The first kappa shape index (κ1) is 14.9. The van der Waals surface area contributed by atoms with Gasteiger partial charge in [-0.25, -0.2) is 0 Å². The summed E-state index contributed by atoms with van der Waals surface area (Å²) < 4.78 is 0. The van der Waals surface area contributed by atoms with Gasteiger partial charge in [0.2, 0.25) is 0 Å². The molecule has 1 aliphatic rings. The van der Waals surface area contributed by atoms with E-state index in [0.29, 0.717) is 6.61 Å². The molecule has 0 amide bonds. The van der Waals surface area contributed by atoms with Crippen LogP contribution >= 0.6 is 0 Å². The smallest absolute Gasteiger partial charge is 0.0431 e. The lowest BCUT2D eigenvalue weighted by Gasteiger charge is -2.30. The second kappa shape index (κ2) is 8.90. The molecule has 1 atom stereocenters. The van der Waals surface area contributed by atoms with Gasteiger partial charge in [-0.15, -0.1) is 0 Å². The average Bonchev–Trinajstić information content (AvgIpc) is 2.50. The Bertz CT molecular complexity index is 187. The number of likely N-dealkylation sites (N-methyl/N-ethyl adjacent to an activating group) is 1. The molecule has 0 radical (unpaired) electrons. The zero-order chi connectivity index (χ0) is 12.5. The van der Waals surface area contributed by atoms with E-state index in [2.05, 4.69) is 23.8 Å². The third kappa shape index (κ3) is 5.84. The molecule has 1 saturated heterocycles. The number of aliphatic hydroxyl groups is 1. The maximum absolute atomic E-state index is 8.74. The molecule has 102 valence electrons. The highest BCUT2D eigenvalue weighted by Gasteiger charge is 2.20. The first-order valence-corrected chi connectivity index (χ1v) is 7.31. The van der Waals surface area contributed by atoms with E-state index in [-0.39, 0.29) is 0 Å². The second-order valence-electron chi connectivity index (χ2n) is 5.35. The molecule has 1 fully saturated rings. The van der Waals surface area contributed by atoms with Gasteiger partial charge in [0.25, 0.3) is 0 Å². The Hall–Kier alpha value is -0.120. The fourth-order valence-electron chi connectivity index (χ4n) is 2.75. The summed E-state index contributed by atoms with van der Waals surface area (Å²) in [5.74, 6) is 0. The van der Waals surface area contributed by atoms with E-state index in [1.165, 1.54) is 58.3 Å². The Morgan fingerprint density at radius 1 is 1.12 bits per heavy atom. The Kier molecular flexibility index (Phi) is 7.82. The zero-order valence-electron chi connectivity index (χ0n) is 11.7. The molecule has 1 heterocycles. The normalized spacial score (nSPS) is 23.8. The van der Waals surface area contributed by atoms with Crippen LogP contribution in [0.3, 0.4) is 0 Å². The van der Waals surface area contributed by atoms with Crippen LogP contribution < -0.4 is 0 Å². The minimum absolute atomic E-state index is 0.353. The summed E-state index contributed by atoms with van der Waals surface area (Å²) in [6, 6.07) is 0.750. The third-order valence-electron chi connectivity index (χ3n) is 3.85. The highest BCUT2D eigenvalue weighted by atomic mass is 16.2. The van der Waals surface area contributed by atoms with Gasteiger partial charge in [0.05, 0.1) is 0 Å². The number of rotatable bonds is 7. The predicted molar refractivity (Wildman–Crippen MR) is 73.3 cm³/mol. The quantitative estimate of drug-likeness (QED) is 0.691. The molecule has 3 heteroatoms. The Morgan fingerprint density at radius 2 is 1.88 bits per heavy atom. The fourth-order valence-corrected chi connectivity index (χ4v) is 2.75. The second-order valence-corrected chi connectivity index (χ2v) is 5.35. The van der Waals surface area contributed by atoms with Crippen molar-refractivity contribution in [2.24, 2.45) is 0 Å². The summed E-state index contributed by atoms with van der Waals surface area (Å²) in [4.78, 5) is 5.16. The van der Waals surface area contributed by atoms with Crippen LogP contribution in [0.4, 0.5) is 0 Å². The SMILES string of the molecule is CCC1CN(C)CCCN1CCCCCCO. The van der Waals surface area contributed by atoms with Gasteiger partial charge in [0.15, 0.2) is 0 Å². The summed E-state index contributed by atoms with van der Waals surface area (Å²) in [7, 11) is 2.24. The van der Waals surface area contributed by atoms with Gasteiger partial charge in [0.1, 0.15) is 0 Å². The highest BCUT2D eigenvalue weighted by molar-refractivity contribution is 4.77. The van der Waals surface area contributed by atoms with Gasteiger partial charge in [-0.2, -0.15) is 0 Å². The van der Waals surface area contributed by atoms with Gasteiger partial charge in [0, 0.05) is 19.2 Å². The Balaban J connectivity index is 2.23. The van der Waals surface area contributed by atoms with Crippen LogP contribution in [0.5, 0.6) is 0 Å². The molecular formula is C14H30N2O. The van der Waals surface area contributed by atoms with Crippen molar-refractivity contribution in [2.45, 2.75) is 51.5 Å². The average molecular weight is 242 g/mol. The minimum atomic E-state index is 0.353. The number of hydrogen-bond donors (Lipinski definition) is 1. The first-order valence-electron chi connectivity index (χ1n) is 7.31. The van der Waals surface area contributed by atoms with Gasteiger partial charge >= 0.3 is 0 Å². The van der Waals surface area contributed by atoms with E-state index in [9.17, 15) is 0 Å². The molecule has 0 aromatic heterocycles. The van der Waals surface area contributed by atoms with E-state index in [4.69, 9.17) is 5.11 Å². The van der Waals surface area contributed by atoms with E-state index < -0.39 is 0 Å². The van der Waals surface area contributed by atoms with Crippen LogP contribution in [-0.2, 0) is 0 Å². The van der Waals surface area contributed by atoms with Crippen LogP contribution in [0.2, 0.25) is 0 Å². The number of unbranched alkanes of at least 4 members (excludes halogenated alkanes) is 3. The summed E-state index contributed by atoms with van der Waals surface area (Å²) >= 11 is 0. The van der Waals surface area contributed by atoms with Crippen molar-refractivity contribution >= 4 is 0 Å². The Morgan fingerprint density at radius 3 is 2.59 bits per heavy atom. The third-order valence-corrected chi connectivity index (χ3v) is 3.85. The monoisotopic (exact) mass is 242 g/mol. The van der Waals surface area contributed by atoms with Crippen molar-refractivity contribution in [3.05, 3.63) is 0 Å². The molecule has 0 aromatic rings. The maximum Gasteiger partial charge on any atom is 0.0431 e. The van der Waals surface area contributed by atoms with Crippen LogP contribution in [0.25, 0.3) is 0 Å². The molecule has 1 rings (SSSR count). The lowest BCUT2D eigenvalue weighted by Crippen LogP contribution is -2.40. The van der Waals surface area contributed by atoms with Crippen LogP contribution in [0, 0.1) is 0 Å². The van der Waals surface area contributed by atoms with E-state index in [1.807, 2.05) is 0 Å². The molecule has 1 aliphatic heterocycles. The molecular weight excluding hydrogens is 212 g/mol. The van der Waals surface area contributed by atoms with Gasteiger partial charge in [-0.1, -0.05) is 19.8 Å². The van der Waals surface area contributed by atoms with Crippen molar-refractivity contribution in [1.29, 1.82) is 0 Å². The summed E-state index contributed by atoms with van der Waals surface area (Å²) in [6.07, 6.45) is 7.29. The zero-order valence-corrected chi connectivity index (χ0v) is 11.7. The van der Waals surface area contributed by atoms with Crippen molar-refractivity contribution in [2.75, 3.05) is 39.8 Å². The number of hydrogen-bond acceptors (Lipinski definition) is 3. The molecule has 0 spiro atoms. The summed E-state index contributed by atoms with van der Waals surface area (Å²) in [5.41, 5.74) is 0. The number of aliphatic hydroxyl groups excluding tert-OH is 1. The lowest BCUT2D eigenvalue weighted by molar-refractivity contribution is 0.179. The molecule has 0 bridgehead atoms. The van der Waals surface area contributed by atoms with Crippen molar-refractivity contribution < 1.29 is 5.11 Å². The van der Waals surface area contributed by atoms with E-state index in [0.717, 1.165) is 12.5 Å². The van der Waals surface area contributed by atoms with Crippen LogP contribution in [-0.4, -0.2) is 60.8 Å². The van der Waals surface area contributed by atoms with Crippen molar-refractivity contribution in [3.8, 4) is 0 Å². The van der Waals surface area contributed by atoms with Crippen molar-refractivity contribution in [3.63, 3.8) is 0 Å². The first-order chi connectivity index (χ1) is 8.27. The van der Waals surface area contributed by atoms with Gasteiger partial charge < -0.3 is 10.0 Å². The molecule has 3 nitrogen and oxygen atoms in total. The molecule has 1 N–H and O–H groups in total. The van der Waals surface area contributed by atoms with Crippen LogP contribution in [0.15, 0.2) is 0 Å². The Labute approximate surface area is 107 Å². The standard InChI is InChI=1S/C14H30N2O/c1-3-14-13-15(2)9-8-11-16(14)10-6-4-5-7-12-17/h14,17H,3-13H2,1-2H3. The lowest BCUT2D eigenvalue weighted by atomic mass is 10.1. The van der Waals surface area contributed by atoms with Gasteiger partial charge in [-0.05, 0) is 52.4 Å². The molecule has 1 unspecified atom stereocenters. The molecule has 0 saturated carbocycles. The topological polar surface area (TPSA) is 26.7 Å². The number of nitrogens with zero attached hydrogens (tertiary/aromatic N) is 2. The van der Waals surface area contributed by atoms with E-state index in [1.54, 1.807) is 0 Å². The maximum atomic E-state index is 8.74. The summed E-state index contributed by atoms with van der Waals surface area (Å²) in [5, 5.41) is 8.74. The molecule has 0 aromatic carbocycles. The highest BCUT2D eigenvalue weighted by Crippen LogP contribution is 2.13. The van der Waals surface area contributed by atoms with E-state index >= 15 is 0 Å². The fraction of sp³-hybridized carbons (Fsp3) is 1.00. The van der Waals surface area contributed by atoms with Crippen molar-refractivity contribution in [1.82, 2.24) is 9.80 Å². The van der Waals surface area contributed by atoms with Gasteiger partial charge in [-0.3, -0.25) is 4.90 Å². The predicted octanol–water partition coefficient (Wildman–Crippen LogP) is 1.96. The summed E-state index contributed by atoms with van der Waals surface area (Å²) in [6.45, 7) is 7.65. The molecule has 0 aliphatic carbocycles. The molecule has 17 heavy (non-hydrogen) atoms. The minimum Gasteiger partial charge on any atom is -0.396 e. The largest absolute Gasteiger partial charge is 0.396 e.